The van der Waals surface area contributed by atoms with Gasteiger partial charge < -0.3 is 10.2 Å². The Morgan fingerprint density at radius 3 is 2.56 bits per heavy atom. The first-order valence-electron chi connectivity index (χ1n) is 8.17. The number of hydrogen-bond donors (Lipinski definition) is 1. The third-order valence-corrected chi connectivity index (χ3v) is 4.59. The van der Waals surface area contributed by atoms with Gasteiger partial charge in [0.15, 0.2) is 0 Å². The molecule has 0 bridgehead atoms. The SMILES string of the molecule is CCCN(Cc1ccc(C#N)cc1)C(=O)C(C)NC(=O)c1cccs1. The molecule has 0 radical (unpaired) electrons. The van der Waals surface area contributed by atoms with E-state index in [1.54, 1.807) is 36.1 Å². The van der Waals surface area contributed by atoms with Gasteiger partial charge >= 0.3 is 0 Å². The van der Waals surface area contributed by atoms with Crippen LogP contribution >= 0.6 is 11.3 Å². The van der Waals surface area contributed by atoms with Crippen molar-refractivity contribution in [3.8, 4) is 6.07 Å². The van der Waals surface area contributed by atoms with Crippen LogP contribution in [0.15, 0.2) is 41.8 Å². The Hall–Kier alpha value is -2.65. The van der Waals surface area contributed by atoms with Gasteiger partial charge in [0, 0.05) is 13.1 Å². The molecule has 1 heterocycles. The Balaban J connectivity index is 2.02. The van der Waals surface area contributed by atoms with Gasteiger partial charge in [0.2, 0.25) is 5.91 Å². The highest BCUT2D eigenvalue weighted by Crippen LogP contribution is 2.11. The van der Waals surface area contributed by atoms with Gasteiger partial charge in [0.1, 0.15) is 6.04 Å². The number of hydrogen-bond acceptors (Lipinski definition) is 4. The summed E-state index contributed by atoms with van der Waals surface area (Å²) in [6.07, 6.45) is 0.827. The monoisotopic (exact) mass is 355 g/mol. The molecule has 1 unspecified atom stereocenters. The van der Waals surface area contributed by atoms with E-state index in [4.69, 9.17) is 5.26 Å². The second kappa shape index (κ2) is 9.00. The fourth-order valence-electron chi connectivity index (χ4n) is 2.45. The molecule has 130 valence electrons. The molecule has 1 aromatic heterocycles. The van der Waals surface area contributed by atoms with Crippen molar-refractivity contribution >= 4 is 23.2 Å². The van der Waals surface area contributed by atoms with Crippen molar-refractivity contribution in [2.75, 3.05) is 6.54 Å². The zero-order chi connectivity index (χ0) is 18.2. The Labute approximate surface area is 151 Å². The van der Waals surface area contributed by atoms with E-state index in [-0.39, 0.29) is 11.8 Å². The van der Waals surface area contributed by atoms with Crippen molar-refractivity contribution in [1.82, 2.24) is 10.2 Å². The van der Waals surface area contributed by atoms with Crippen LogP contribution in [-0.4, -0.2) is 29.3 Å². The molecule has 0 fully saturated rings. The van der Waals surface area contributed by atoms with E-state index in [0.717, 1.165) is 12.0 Å². The van der Waals surface area contributed by atoms with E-state index in [1.165, 1.54) is 11.3 Å². The van der Waals surface area contributed by atoms with Crippen LogP contribution < -0.4 is 5.32 Å². The van der Waals surface area contributed by atoms with Gasteiger partial charge in [-0.1, -0.05) is 25.1 Å². The molecule has 5 nitrogen and oxygen atoms in total. The van der Waals surface area contributed by atoms with E-state index in [0.29, 0.717) is 23.5 Å². The Morgan fingerprint density at radius 1 is 1.28 bits per heavy atom. The maximum atomic E-state index is 12.7. The molecular formula is C19H21N3O2S. The molecule has 2 rings (SSSR count). The number of carbonyl (C=O) groups excluding carboxylic acids is 2. The maximum absolute atomic E-state index is 12.7. The van der Waals surface area contributed by atoms with Crippen molar-refractivity contribution in [3.05, 3.63) is 57.8 Å². The molecule has 0 aliphatic carbocycles. The van der Waals surface area contributed by atoms with Crippen LogP contribution in [-0.2, 0) is 11.3 Å². The summed E-state index contributed by atoms with van der Waals surface area (Å²) < 4.78 is 0. The quantitative estimate of drug-likeness (QED) is 0.829. The molecule has 2 amide bonds. The smallest absolute Gasteiger partial charge is 0.261 e. The van der Waals surface area contributed by atoms with Crippen LogP contribution in [0.1, 0.15) is 41.1 Å². The van der Waals surface area contributed by atoms with Crippen molar-refractivity contribution in [1.29, 1.82) is 5.26 Å². The summed E-state index contributed by atoms with van der Waals surface area (Å²) in [6.45, 7) is 4.78. The lowest BCUT2D eigenvalue weighted by molar-refractivity contribution is -0.133. The van der Waals surface area contributed by atoms with Gasteiger partial charge in [0.25, 0.3) is 5.91 Å². The fraction of sp³-hybridized carbons (Fsp3) is 0.316. The Kier molecular flexibility index (Phi) is 6.72. The zero-order valence-electron chi connectivity index (χ0n) is 14.4. The minimum atomic E-state index is -0.598. The third-order valence-electron chi connectivity index (χ3n) is 3.72. The van der Waals surface area contributed by atoms with Crippen LogP contribution in [0.25, 0.3) is 0 Å². The standard InChI is InChI=1S/C19H21N3O2S/c1-3-10-22(13-16-8-6-15(12-20)7-9-16)19(24)14(2)21-18(23)17-5-4-11-25-17/h4-9,11,14H,3,10,13H2,1-2H3,(H,21,23). The molecule has 1 N–H and O–H groups in total. The molecule has 0 spiro atoms. The van der Waals surface area contributed by atoms with Gasteiger partial charge in [-0.05, 0) is 42.5 Å². The number of carbonyl (C=O) groups is 2. The Morgan fingerprint density at radius 2 is 2.00 bits per heavy atom. The third kappa shape index (κ3) is 5.16. The zero-order valence-corrected chi connectivity index (χ0v) is 15.2. The molecule has 1 atom stereocenters. The minimum absolute atomic E-state index is 0.115. The van der Waals surface area contributed by atoms with Gasteiger partial charge in [0.05, 0.1) is 16.5 Å². The van der Waals surface area contributed by atoms with Crippen LogP contribution in [0.3, 0.4) is 0 Å². The van der Waals surface area contributed by atoms with Crippen LogP contribution in [0.5, 0.6) is 0 Å². The maximum Gasteiger partial charge on any atom is 0.261 e. The lowest BCUT2D eigenvalue weighted by atomic mass is 10.1. The van der Waals surface area contributed by atoms with E-state index in [1.807, 2.05) is 24.4 Å². The summed E-state index contributed by atoms with van der Waals surface area (Å²) in [5.74, 6) is -0.346. The summed E-state index contributed by atoms with van der Waals surface area (Å²) in [5, 5.41) is 13.5. The van der Waals surface area contributed by atoms with Crippen LogP contribution in [0, 0.1) is 11.3 Å². The van der Waals surface area contributed by atoms with E-state index in [2.05, 4.69) is 11.4 Å². The highest BCUT2D eigenvalue weighted by atomic mass is 32.1. The van der Waals surface area contributed by atoms with E-state index in [9.17, 15) is 9.59 Å². The van der Waals surface area contributed by atoms with Crippen LogP contribution in [0.4, 0.5) is 0 Å². The number of nitrogens with zero attached hydrogens (tertiary/aromatic N) is 2. The summed E-state index contributed by atoms with van der Waals surface area (Å²) in [6, 6.07) is 12.2. The second-order valence-corrected chi connectivity index (χ2v) is 6.69. The molecule has 1 aromatic carbocycles. The molecule has 2 aromatic rings. The van der Waals surface area contributed by atoms with Crippen molar-refractivity contribution in [3.63, 3.8) is 0 Å². The van der Waals surface area contributed by atoms with Gasteiger partial charge in [-0.3, -0.25) is 9.59 Å². The molecule has 0 saturated heterocycles. The first-order chi connectivity index (χ1) is 12.0. The van der Waals surface area contributed by atoms with Gasteiger partial charge in [-0.2, -0.15) is 5.26 Å². The predicted molar refractivity (Wildman–Crippen MR) is 98.1 cm³/mol. The predicted octanol–water partition coefficient (Wildman–Crippen LogP) is 3.18. The number of rotatable bonds is 7. The highest BCUT2D eigenvalue weighted by Gasteiger charge is 2.22. The Bertz CT molecular complexity index is 748. The lowest BCUT2D eigenvalue weighted by Gasteiger charge is -2.26. The largest absolute Gasteiger partial charge is 0.340 e. The number of amides is 2. The van der Waals surface area contributed by atoms with Crippen LogP contribution in [0.2, 0.25) is 0 Å². The lowest BCUT2D eigenvalue weighted by Crippen LogP contribution is -2.46. The number of nitriles is 1. The number of thiophene rings is 1. The molecule has 0 saturated carbocycles. The normalized spacial score (nSPS) is 11.4. The molecule has 0 aliphatic rings. The van der Waals surface area contributed by atoms with Crippen molar-refractivity contribution in [2.45, 2.75) is 32.9 Å². The summed E-state index contributed by atoms with van der Waals surface area (Å²) in [4.78, 5) is 27.2. The average Bonchev–Trinajstić information content (AvgIpc) is 3.16. The molecule has 6 heteroatoms. The average molecular weight is 355 g/mol. The summed E-state index contributed by atoms with van der Waals surface area (Å²) >= 11 is 1.35. The molecule has 0 aliphatic heterocycles. The first kappa shape index (κ1) is 18.7. The highest BCUT2D eigenvalue weighted by molar-refractivity contribution is 7.12. The minimum Gasteiger partial charge on any atom is -0.340 e. The topological polar surface area (TPSA) is 73.2 Å². The number of nitrogens with one attached hydrogen (secondary N) is 1. The second-order valence-electron chi connectivity index (χ2n) is 5.74. The van der Waals surface area contributed by atoms with E-state index >= 15 is 0 Å². The van der Waals surface area contributed by atoms with Crippen molar-refractivity contribution < 1.29 is 9.59 Å². The summed E-state index contributed by atoms with van der Waals surface area (Å²) in [7, 11) is 0. The summed E-state index contributed by atoms with van der Waals surface area (Å²) in [5.41, 5.74) is 1.55. The van der Waals surface area contributed by atoms with Gasteiger partial charge in [-0.25, -0.2) is 0 Å². The van der Waals surface area contributed by atoms with Gasteiger partial charge in [-0.15, -0.1) is 11.3 Å². The molecular weight excluding hydrogens is 334 g/mol. The molecule has 25 heavy (non-hydrogen) atoms. The fourth-order valence-corrected chi connectivity index (χ4v) is 3.08. The number of benzene rings is 1. The van der Waals surface area contributed by atoms with E-state index < -0.39 is 6.04 Å². The van der Waals surface area contributed by atoms with Crippen molar-refractivity contribution in [2.24, 2.45) is 0 Å². The first-order valence-corrected chi connectivity index (χ1v) is 9.05.